The maximum Gasteiger partial charge on any atom is 0.178 e. The highest BCUT2D eigenvalue weighted by molar-refractivity contribution is 7.12. The predicted octanol–water partition coefficient (Wildman–Crippen LogP) is -0.413. The maximum atomic E-state index is 11.7. The Bertz CT molecular complexity index is 333. The molecule has 0 unspecified atom stereocenters. The molecule has 1 rings (SSSR count). The van der Waals surface area contributed by atoms with Gasteiger partial charge >= 0.3 is 0 Å². The summed E-state index contributed by atoms with van der Waals surface area (Å²) < 4.78 is 0.820. The van der Waals surface area contributed by atoms with Gasteiger partial charge < -0.3 is 28.5 Å². The number of Topliss-reactive ketones (excluding diaryl/α,β-unsaturated/α-hetero) is 1. The van der Waals surface area contributed by atoms with Gasteiger partial charge in [0.05, 0.1) is 38.5 Å². The molecule has 0 N–H and O–H groups in total. The highest BCUT2D eigenvalue weighted by atomic mass is 127. The highest BCUT2D eigenvalue weighted by Crippen LogP contribution is 2.12. The van der Waals surface area contributed by atoms with Crippen molar-refractivity contribution in [1.29, 1.82) is 0 Å². The fourth-order valence-corrected chi connectivity index (χ4v) is 2.10. The lowest BCUT2D eigenvalue weighted by molar-refractivity contribution is -0.883. The second kappa shape index (κ2) is 7.19. The summed E-state index contributed by atoms with van der Waals surface area (Å²) in [6.45, 7) is 5.49. The topological polar surface area (TPSA) is 17.1 Å². The highest BCUT2D eigenvalue weighted by Gasteiger charge is 2.16. The van der Waals surface area contributed by atoms with Gasteiger partial charge in [0.1, 0.15) is 0 Å². The third kappa shape index (κ3) is 5.23. The van der Waals surface area contributed by atoms with Crippen molar-refractivity contribution < 1.29 is 33.3 Å². The van der Waals surface area contributed by atoms with Crippen LogP contribution in [0.25, 0.3) is 0 Å². The lowest BCUT2D eigenvalue weighted by atomic mass is 10.2. The van der Waals surface area contributed by atoms with Crippen LogP contribution < -0.4 is 24.0 Å². The van der Waals surface area contributed by atoms with Crippen molar-refractivity contribution in [1.82, 2.24) is 0 Å². The summed E-state index contributed by atoms with van der Waals surface area (Å²) in [6, 6.07) is 3.81. The van der Waals surface area contributed by atoms with E-state index in [4.69, 9.17) is 0 Å². The Kier molecular flexibility index (Phi) is 7.10. The molecule has 4 heteroatoms. The van der Waals surface area contributed by atoms with Crippen LogP contribution in [0.4, 0.5) is 0 Å². The van der Waals surface area contributed by atoms with Gasteiger partial charge in [-0.25, -0.2) is 0 Å². The van der Waals surface area contributed by atoms with Gasteiger partial charge in [0.25, 0.3) is 0 Å². The molecular formula is C12H18INOS. The van der Waals surface area contributed by atoms with Gasteiger partial charge in [-0.05, 0) is 17.5 Å². The van der Waals surface area contributed by atoms with Crippen LogP contribution in [0.5, 0.6) is 0 Å². The minimum atomic E-state index is 0. The molecule has 0 saturated carbocycles. The molecular weight excluding hydrogens is 333 g/mol. The van der Waals surface area contributed by atoms with Crippen molar-refractivity contribution in [3.05, 3.63) is 35.0 Å². The summed E-state index contributed by atoms with van der Waals surface area (Å²) in [7, 11) is 4.23. The summed E-state index contributed by atoms with van der Waals surface area (Å²) in [4.78, 5) is 12.6. The van der Waals surface area contributed by atoms with E-state index in [1.807, 2.05) is 23.6 Å². The molecule has 0 aliphatic carbocycles. The molecule has 0 fully saturated rings. The molecule has 2 nitrogen and oxygen atoms in total. The number of rotatable bonds is 6. The number of ketones is 1. The molecule has 0 aliphatic rings. The van der Waals surface area contributed by atoms with E-state index in [1.165, 1.54) is 11.3 Å². The first-order chi connectivity index (χ1) is 7.05. The predicted molar refractivity (Wildman–Crippen MR) is 65.3 cm³/mol. The zero-order chi connectivity index (χ0) is 11.3. The summed E-state index contributed by atoms with van der Waals surface area (Å²) >= 11 is 1.52. The Morgan fingerprint density at radius 1 is 1.56 bits per heavy atom. The summed E-state index contributed by atoms with van der Waals surface area (Å²) in [5.74, 6) is 0.250. The van der Waals surface area contributed by atoms with E-state index in [9.17, 15) is 4.79 Å². The van der Waals surface area contributed by atoms with Crippen LogP contribution in [0.2, 0.25) is 0 Å². The first-order valence-corrected chi connectivity index (χ1v) is 5.93. The lowest BCUT2D eigenvalue weighted by Gasteiger charge is -2.27. The standard InChI is InChI=1S/C12H18NOS.HI/c1-4-8-13(2,3)9-7-11(14)12-6-5-10-15-12;/h4-6,10H,1,7-9H2,2-3H3;1H/q+1;/p-1. The fourth-order valence-electron chi connectivity index (χ4n) is 1.41. The molecule has 0 bridgehead atoms. The second-order valence-electron chi connectivity index (χ2n) is 4.28. The molecule has 0 saturated heterocycles. The summed E-state index contributed by atoms with van der Waals surface area (Å²) in [5, 5.41) is 1.94. The molecule has 1 heterocycles. The van der Waals surface area contributed by atoms with Crippen LogP contribution in [-0.2, 0) is 0 Å². The number of quaternary nitrogens is 1. The van der Waals surface area contributed by atoms with Gasteiger partial charge in [0.15, 0.2) is 5.78 Å². The Morgan fingerprint density at radius 2 is 2.25 bits per heavy atom. The van der Waals surface area contributed by atoms with Gasteiger partial charge in [-0.1, -0.05) is 12.6 Å². The van der Waals surface area contributed by atoms with E-state index in [1.54, 1.807) is 0 Å². The van der Waals surface area contributed by atoms with Crippen LogP contribution in [0.3, 0.4) is 0 Å². The summed E-state index contributed by atoms with van der Waals surface area (Å²) in [6.07, 6.45) is 2.51. The molecule has 0 aliphatic heterocycles. The molecule has 0 radical (unpaired) electrons. The maximum absolute atomic E-state index is 11.7. The number of halogens is 1. The number of thiophene rings is 1. The average Bonchev–Trinajstić information content (AvgIpc) is 2.67. The smallest absolute Gasteiger partial charge is 0.178 e. The third-order valence-electron chi connectivity index (χ3n) is 2.36. The summed E-state index contributed by atoms with van der Waals surface area (Å²) in [5.41, 5.74) is 0. The number of hydrogen-bond acceptors (Lipinski definition) is 2. The zero-order valence-corrected chi connectivity index (χ0v) is 12.8. The molecule has 0 spiro atoms. The Labute approximate surface area is 119 Å². The van der Waals surface area contributed by atoms with Crippen LogP contribution in [0.1, 0.15) is 16.1 Å². The van der Waals surface area contributed by atoms with Gasteiger partial charge in [-0.3, -0.25) is 4.79 Å². The van der Waals surface area contributed by atoms with Crippen molar-refractivity contribution in [2.45, 2.75) is 6.42 Å². The monoisotopic (exact) mass is 351 g/mol. The Morgan fingerprint density at radius 3 is 2.75 bits per heavy atom. The van der Waals surface area contributed by atoms with E-state index in [0.717, 1.165) is 22.4 Å². The average molecular weight is 351 g/mol. The molecule has 16 heavy (non-hydrogen) atoms. The molecule has 0 aromatic carbocycles. The van der Waals surface area contributed by atoms with Crippen molar-refractivity contribution in [2.75, 3.05) is 27.2 Å². The molecule has 1 aromatic heterocycles. The number of likely N-dealkylation sites (N-methyl/N-ethyl adjacent to an activating group) is 1. The van der Waals surface area contributed by atoms with Crippen LogP contribution in [0.15, 0.2) is 30.2 Å². The minimum absolute atomic E-state index is 0. The molecule has 0 atom stereocenters. The minimum Gasteiger partial charge on any atom is -1.00 e. The van der Waals surface area contributed by atoms with Gasteiger partial charge in [0.2, 0.25) is 0 Å². The first-order valence-electron chi connectivity index (χ1n) is 5.05. The van der Waals surface area contributed by atoms with Crippen molar-refractivity contribution in [3.63, 3.8) is 0 Å². The largest absolute Gasteiger partial charge is 1.00 e. The van der Waals surface area contributed by atoms with E-state index >= 15 is 0 Å². The number of hydrogen-bond donors (Lipinski definition) is 0. The zero-order valence-electron chi connectivity index (χ0n) is 9.78. The van der Waals surface area contributed by atoms with Crippen LogP contribution >= 0.6 is 11.3 Å². The normalized spacial score (nSPS) is 10.6. The fraction of sp³-hybridized carbons (Fsp3) is 0.417. The lowest BCUT2D eigenvalue weighted by Crippen LogP contribution is -3.00. The van der Waals surface area contributed by atoms with Gasteiger partial charge in [-0.2, -0.15) is 0 Å². The molecule has 1 aromatic rings. The van der Waals surface area contributed by atoms with Crippen LogP contribution in [-0.4, -0.2) is 37.5 Å². The number of carbonyl (C=O) groups is 1. The Hall–Kier alpha value is -0.200. The third-order valence-corrected chi connectivity index (χ3v) is 3.27. The Balaban J connectivity index is 0.00000225. The number of nitrogens with zero attached hydrogens (tertiary/aromatic N) is 1. The SMILES string of the molecule is C=CC[N+](C)(C)CCC(=O)c1cccs1.[I-]. The van der Waals surface area contributed by atoms with Crippen molar-refractivity contribution in [3.8, 4) is 0 Å². The van der Waals surface area contributed by atoms with Gasteiger partial charge in [0, 0.05) is 0 Å². The molecule has 0 amide bonds. The van der Waals surface area contributed by atoms with E-state index in [-0.39, 0.29) is 29.8 Å². The van der Waals surface area contributed by atoms with Crippen molar-refractivity contribution >= 4 is 17.1 Å². The van der Waals surface area contributed by atoms with Gasteiger partial charge in [-0.15, -0.1) is 11.3 Å². The molecule has 90 valence electrons. The van der Waals surface area contributed by atoms with E-state index in [0.29, 0.717) is 6.42 Å². The second-order valence-corrected chi connectivity index (χ2v) is 5.23. The van der Waals surface area contributed by atoms with E-state index in [2.05, 4.69) is 20.7 Å². The van der Waals surface area contributed by atoms with Crippen molar-refractivity contribution in [2.24, 2.45) is 0 Å². The number of carbonyl (C=O) groups excluding carboxylic acids is 1. The van der Waals surface area contributed by atoms with Crippen LogP contribution in [0, 0.1) is 0 Å². The first kappa shape index (κ1) is 15.8. The quantitative estimate of drug-likeness (QED) is 0.295. The van der Waals surface area contributed by atoms with E-state index < -0.39 is 0 Å².